The molecule has 0 spiro atoms. The molecular formula is C21H30N2O5. The first-order valence-corrected chi connectivity index (χ1v) is 9.68. The predicted molar refractivity (Wildman–Crippen MR) is 108 cm³/mol. The number of carbonyl (C=O) groups excluding carboxylic acids is 2. The highest BCUT2D eigenvalue weighted by Gasteiger charge is 2.24. The number of carbonyl (C=O) groups is 2. The van der Waals surface area contributed by atoms with Crippen LogP contribution in [0.2, 0.25) is 0 Å². The van der Waals surface area contributed by atoms with Gasteiger partial charge in [-0.1, -0.05) is 6.07 Å². The van der Waals surface area contributed by atoms with E-state index < -0.39 is 0 Å². The minimum Gasteiger partial charge on any atom is -0.493 e. The normalized spacial score (nSPS) is 15.0. The molecule has 28 heavy (non-hydrogen) atoms. The van der Waals surface area contributed by atoms with Crippen molar-refractivity contribution in [2.24, 2.45) is 0 Å². The van der Waals surface area contributed by atoms with E-state index in [-0.39, 0.29) is 24.1 Å². The zero-order chi connectivity index (χ0) is 20.5. The summed E-state index contributed by atoms with van der Waals surface area (Å²) in [6, 6.07) is 5.60. The minimum absolute atomic E-state index is 0.0521. The molecule has 0 aliphatic carbocycles. The molecule has 1 N–H and O–H groups in total. The van der Waals surface area contributed by atoms with Crippen LogP contribution in [0.1, 0.15) is 39.2 Å². The van der Waals surface area contributed by atoms with Gasteiger partial charge in [-0.2, -0.15) is 0 Å². The van der Waals surface area contributed by atoms with Crippen molar-refractivity contribution in [3.8, 4) is 11.5 Å². The number of amides is 2. The number of ether oxygens (including phenoxy) is 3. The van der Waals surface area contributed by atoms with E-state index in [9.17, 15) is 9.59 Å². The molecule has 7 heteroatoms. The van der Waals surface area contributed by atoms with Crippen molar-refractivity contribution < 1.29 is 23.8 Å². The highest BCUT2D eigenvalue weighted by Crippen LogP contribution is 2.29. The Bertz CT molecular complexity index is 694. The molecule has 2 amide bonds. The van der Waals surface area contributed by atoms with Crippen LogP contribution in [-0.4, -0.2) is 55.9 Å². The molecule has 0 aromatic heterocycles. The lowest BCUT2D eigenvalue weighted by molar-refractivity contribution is -0.117. The van der Waals surface area contributed by atoms with Gasteiger partial charge in [0.25, 0.3) is 0 Å². The third-order valence-corrected chi connectivity index (χ3v) is 4.34. The van der Waals surface area contributed by atoms with E-state index in [2.05, 4.69) is 5.32 Å². The van der Waals surface area contributed by atoms with Gasteiger partial charge in [0, 0.05) is 25.2 Å². The van der Waals surface area contributed by atoms with Crippen LogP contribution in [0, 0.1) is 0 Å². The number of benzene rings is 1. The summed E-state index contributed by atoms with van der Waals surface area (Å²) in [4.78, 5) is 25.6. The number of hydrogen-bond donors (Lipinski definition) is 1. The molecule has 2 rings (SSSR count). The second kappa shape index (κ2) is 10.6. The summed E-state index contributed by atoms with van der Waals surface area (Å²) in [6.07, 6.45) is 4.45. The molecule has 0 bridgehead atoms. The van der Waals surface area contributed by atoms with Gasteiger partial charge >= 0.3 is 6.09 Å². The number of methoxy groups -OCH3 is 1. The Morgan fingerprint density at radius 3 is 2.57 bits per heavy atom. The lowest BCUT2D eigenvalue weighted by Crippen LogP contribution is -2.46. The molecule has 7 nitrogen and oxygen atoms in total. The third-order valence-electron chi connectivity index (χ3n) is 4.34. The average molecular weight is 390 g/mol. The molecular weight excluding hydrogens is 360 g/mol. The topological polar surface area (TPSA) is 77.1 Å². The Hall–Kier alpha value is -2.70. The van der Waals surface area contributed by atoms with Crippen LogP contribution < -0.4 is 14.8 Å². The van der Waals surface area contributed by atoms with E-state index in [1.54, 1.807) is 25.0 Å². The molecule has 1 fully saturated rings. The summed E-state index contributed by atoms with van der Waals surface area (Å²) in [5, 5.41) is 2.99. The van der Waals surface area contributed by atoms with Crippen LogP contribution >= 0.6 is 0 Å². The van der Waals surface area contributed by atoms with Gasteiger partial charge in [0.05, 0.1) is 19.8 Å². The molecule has 154 valence electrons. The number of nitrogens with one attached hydrogen (secondary N) is 1. The van der Waals surface area contributed by atoms with Crippen molar-refractivity contribution in [1.82, 2.24) is 10.2 Å². The number of likely N-dealkylation sites (tertiary alicyclic amines) is 1. The summed E-state index contributed by atoms with van der Waals surface area (Å²) in [6.45, 7) is 7.24. The Kier molecular flexibility index (Phi) is 8.17. The summed E-state index contributed by atoms with van der Waals surface area (Å²) in [5.41, 5.74) is 0.847. The maximum Gasteiger partial charge on any atom is 0.409 e. The maximum atomic E-state index is 12.2. The molecule has 0 atom stereocenters. The van der Waals surface area contributed by atoms with E-state index in [1.165, 1.54) is 6.08 Å². The fraction of sp³-hybridized carbons (Fsp3) is 0.524. The van der Waals surface area contributed by atoms with Crippen LogP contribution in [-0.2, 0) is 9.53 Å². The van der Waals surface area contributed by atoms with Crippen molar-refractivity contribution in [1.29, 1.82) is 0 Å². The average Bonchev–Trinajstić information content (AvgIpc) is 2.67. The molecule has 1 aromatic rings. The van der Waals surface area contributed by atoms with E-state index in [4.69, 9.17) is 14.2 Å². The molecule has 1 aliphatic heterocycles. The standard InChI is InChI=1S/C21H30N2O5/c1-5-27-21(25)23-12-10-17(11-13-23)22-20(24)9-7-16-6-8-18(28-15(2)3)19(14-16)26-4/h6-9,14-15,17H,5,10-13H2,1-4H3,(H,22,24)/b9-7+. The van der Waals surface area contributed by atoms with Crippen molar-refractivity contribution in [2.45, 2.75) is 45.8 Å². The van der Waals surface area contributed by atoms with Crippen molar-refractivity contribution in [2.75, 3.05) is 26.8 Å². The Morgan fingerprint density at radius 2 is 1.96 bits per heavy atom. The van der Waals surface area contributed by atoms with Crippen molar-refractivity contribution >= 4 is 18.1 Å². The highest BCUT2D eigenvalue weighted by molar-refractivity contribution is 5.92. The quantitative estimate of drug-likeness (QED) is 0.724. The third kappa shape index (κ3) is 6.48. The molecule has 1 aromatic carbocycles. The summed E-state index contributed by atoms with van der Waals surface area (Å²) < 4.78 is 16.1. The zero-order valence-electron chi connectivity index (χ0n) is 17.1. The summed E-state index contributed by atoms with van der Waals surface area (Å²) >= 11 is 0. The van der Waals surface area contributed by atoms with Gasteiger partial charge in [-0.15, -0.1) is 0 Å². The summed E-state index contributed by atoms with van der Waals surface area (Å²) in [7, 11) is 1.59. The highest BCUT2D eigenvalue weighted by atomic mass is 16.6. The second-order valence-electron chi connectivity index (χ2n) is 6.88. The Labute approximate surface area is 166 Å². The van der Waals surface area contributed by atoms with Crippen LogP contribution in [0.3, 0.4) is 0 Å². The second-order valence-corrected chi connectivity index (χ2v) is 6.88. The van der Waals surface area contributed by atoms with Gasteiger partial charge in [-0.05, 0) is 57.4 Å². The van der Waals surface area contributed by atoms with Gasteiger partial charge in [0.2, 0.25) is 5.91 Å². The largest absolute Gasteiger partial charge is 0.493 e. The van der Waals surface area contributed by atoms with Gasteiger partial charge in [-0.3, -0.25) is 4.79 Å². The van der Waals surface area contributed by atoms with E-state index in [0.29, 0.717) is 44.0 Å². The van der Waals surface area contributed by atoms with Crippen molar-refractivity contribution in [3.63, 3.8) is 0 Å². The van der Waals surface area contributed by atoms with Crippen LogP contribution in [0.25, 0.3) is 6.08 Å². The summed E-state index contributed by atoms with van der Waals surface area (Å²) in [5.74, 6) is 1.14. The fourth-order valence-electron chi connectivity index (χ4n) is 2.98. The van der Waals surface area contributed by atoms with Crippen LogP contribution in [0.4, 0.5) is 4.79 Å². The van der Waals surface area contributed by atoms with Gasteiger partial charge in [0.1, 0.15) is 0 Å². The SMILES string of the molecule is CCOC(=O)N1CCC(NC(=O)/C=C/c2ccc(OC(C)C)c(OC)c2)CC1. The molecule has 0 saturated carbocycles. The molecule has 1 heterocycles. The molecule has 1 saturated heterocycles. The maximum absolute atomic E-state index is 12.2. The number of nitrogens with zero attached hydrogens (tertiary/aromatic N) is 1. The van der Waals surface area contributed by atoms with Crippen molar-refractivity contribution in [3.05, 3.63) is 29.8 Å². The number of piperidine rings is 1. The van der Waals surface area contributed by atoms with E-state index in [1.807, 2.05) is 32.0 Å². The van der Waals surface area contributed by atoms with Gasteiger partial charge in [-0.25, -0.2) is 4.79 Å². The molecule has 1 aliphatic rings. The van der Waals surface area contributed by atoms with E-state index in [0.717, 1.165) is 5.56 Å². The first-order valence-electron chi connectivity index (χ1n) is 9.68. The Morgan fingerprint density at radius 1 is 1.25 bits per heavy atom. The van der Waals surface area contributed by atoms with Gasteiger partial charge < -0.3 is 24.4 Å². The zero-order valence-corrected chi connectivity index (χ0v) is 17.1. The Balaban J connectivity index is 1.86. The lowest BCUT2D eigenvalue weighted by Gasteiger charge is -2.31. The van der Waals surface area contributed by atoms with Crippen LogP contribution in [0.15, 0.2) is 24.3 Å². The number of hydrogen-bond acceptors (Lipinski definition) is 5. The first-order chi connectivity index (χ1) is 13.4. The molecule has 0 radical (unpaired) electrons. The smallest absolute Gasteiger partial charge is 0.409 e. The van der Waals surface area contributed by atoms with E-state index >= 15 is 0 Å². The molecule has 0 unspecified atom stereocenters. The van der Waals surface area contributed by atoms with Gasteiger partial charge in [0.15, 0.2) is 11.5 Å². The predicted octanol–water partition coefficient (Wildman–Crippen LogP) is 3.23. The monoisotopic (exact) mass is 390 g/mol. The first kappa shape index (κ1) is 21.6. The lowest BCUT2D eigenvalue weighted by atomic mass is 10.1. The number of rotatable bonds is 7. The fourth-order valence-corrected chi connectivity index (χ4v) is 2.98. The minimum atomic E-state index is -0.286. The van der Waals surface area contributed by atoms with Crippen LogP contribution in [0.5, 0.6) is 11.5 Å².